The molecule has 44 heavy (non-hydrogen) atoms. The number of nitrogens with zero attached hydrogens (tertiary/aromatic N) is 2. The summed E-state index contributed by atoms with van der Waals surface area (Å²) in [7, 11) is 0. The number of hydrogen-bond acceptors (Lipinski definition) is 5. The molecule has 1 aliphatic carbocycles. The standard InChI is InChI=1S/C35H43ClFN3O3S/c1-4-35(3)20-39(21-35)24-15-25(18-43-26-11-9-22(2)10-12-26)40(17-24)33(41)14-23-13-29(36)31(16-30(23)37)38-34(42)28-19-44-32-8-6-5-7-27(28)32/h5-8,13,16,19,22,24-26H,4,9-12,14-15,17-18,20-21H2,1-3H3,(H,38,42). The zero-order valence-electron chi connectivity index (χ0n) is 25.9. The summed E-state index contributed by atoms with van der Waals surface area (Å²) in [6.07, 6.45) is 6.69. The maximum absolute atomic E-state index is 15.4. The first-order valence-electron chi connectivity index (χ1n) is 16.0. The molecule has 9 heteroatoms. The number of nitrogens with one attached hydrogen (secondary N) is 1. The highest BCUT2D eigenvalue weighted by Crippen LogP contribution is 2.38. The van der Waals surface area contributed by atoms with Crippen molar-refractivity contribution in [3.05, 3.63) is 63.7 Å². The van der Waals surface area contributed by atoms with Gasteiger partial charge in [0, 0.05) is 41.1 Å². The van der Waals surface area contributed by atoms with Crippen LogP contribution in [0.15, 0.2) is 41.8 Å². The third kappa shape index (κ3) is 6.69. The van der Waals surface area contributed by atoms with Crippen LogP contribution < -0.4 is 5.32 Å². The second-order valence-corrected chi connectivity index (χ2v) is 14.9. The summed E-state index contributed by atoms with van der Waals surface area (Å²) in [5, 5.41) is 5.59. The molecular formula is C35H43ClFN3O3S. The van der Waals surface area contributed by atoms with E-state index in [0.29, 0.717) is 24.1 Å². The van der Waals surface area contributed by atoms with E-state index in [1.165, 1.54) is 36.3 Å². The fraction of sp³-hybridized carbons (Fsp3) is 0.543. The molecule has 3 aliphatic rings. The molecule has 0 spiro atoms. The van der Waals surface area contributed by atoms with E-state index >= 15 is 4.39 Å². The molecular weight excluding hydrogens is 597 g/mol. The molecule has 1 N–H and O–H groups in total. The third-order valence-electron chi connectivity index (χ3n) is 10.2. The van der Waals surface area contributed by atoms with Crippen molar-refractivity contribution >= 4 is 50.5 Å². The van der Waals surface area contributed by atoms with Crippen molar-refractivity contribution in [3.63, 3.8) is 0 Å². The van der Waals surface area contributed by atoms with Crippen LogP contribution in [0.5, 0.6) is 0 Å². The zero-order chi connectivity index (χ0) is 31.0. The number of likely N-dealkylation sites (tertiary alicyclic amines) is 2. The van der Waals surface area contributed by atoms with Gasteiger partial charge in [-0.3, -0.25) is 14.5 Å². The Morgan fingerprint density at radius 3 is 2.66 bits per heavy atom. The number of halogens is 2. The molecule has 0 radical (unpaired) electrons. The highest BCUT2D eigenvalue weighted by molar-refractivity contribution is 7.17. The molecule has 236 valence electrons. The van der Waals surface area contributed by atoms with Crippen molar-refractivity contribution in [3.8, 4) is 0 Å². The Hall–Kier alpha value is -2.52. The normalized spacial score (nSPS) is 25.2. The van der Waals surface area contributed by atoms with Crippen molar-refractivity contribution < 1.29 is 18.7 Å². The molecule has 2 saturated heterocycles. The van der Waals surface area contributed by atoms with Crippen LogP contribution in [0.3, 0.4) is 0 Å². The maximum Gasteiger partial charge on any atom is 0.257 e. The van der Waals surface area contributed by atoms with Crippen LogP contribution in [-0.2, 0) is 16.0 Å². The van der Waals surface area contributed by atoms with Crippen LogP contribution in [0, 0.1) is 17.2 Å². The summed E-state index contributed by atoms with van der Waals surface area (Å²) >= 11 is 8.02. The Bertz CT molecular complexity index is 1510. The molecule has 2 aliphatic heterocycles. The van der Waals surface area contributed by atoms with E-state index in [-0.39, 0.29) is 52.7 Å². The van der Waals surface area contributed by atoms with E-state index in [1.54, 1.807) is 5.38 Å². The van der Waals surface area contributed by atoms with Gasteiger partial charge in [0.15, 0.2) is 0 Å². The van der Waals surface area contributed by atoms with Crippen LogP contribution in [0.25, 0.3) is 10.1 Å². The van der Waals surface area contributed by atoms with E-state index in [1.807, 2.05) is 29.2 Å². The molecule has 6 rings (SSSR count). The minimum absolute atomic E-state index is 0.0298. The lowest BCUT2D eigenvalue weighted by molar-refractivity contribution is -0.133. The number of rotatable bonds is 9. The van der Waals surface area contributed by atoms with E-state index in [4.69, 9.17) is 16.3 Å². The molecule has 1 aromatic heterocycles. The van der Waals surface area contributed by atoms with Crippen molar-refractivity contribution in [2.45, 2.75) is 83.9 Å². The third-order valence-corrected chi connectivity index (χ3v) is 11.5. The van der Waals surface area contributed by atoms with Gasteiger partial charge in [-0.25, -0.2) is 4.39 Å². The summed E-state index contributed by atoms with van der Waals surface area (Å²) < 4.78 is 22.8. The average molecular weight is 640 g/mol. The predicted molar refractivity (Wildman–Crippen MR) is 176 cm³/mol. The lowest BCUT2D eigenvalue weighted by Crippen LogP contribution is -2.58. The van der Waals surface area contributed by atoms with E-state index in [0.717, 1.165) is 54.8 Å². The van der Waals surface area contributed by atoms with E-state index < -0.39 is 5.82 Å². The molecule has 3 aromatic rings. The van der Waals surface area contributed by atoms with Gasteiger partial charge in [-0.05, 0) is 73.6 Å². The summed E-state index contributed by atoms with van der Waals surface area (Å²) in [5.74, 6) is -0.278. The van der Waals surface area contributed by atoms with Crippen LogP contribution in [0.2, 0.25) is 5.02 Å². The fourth-order valence-corrected chi connectivity index (χ4v) is 8.28. The van der Waals surface area contributed by atoms with Crippen molar-refractivity contribution in [1.29, 1.82) is 0 Å². The fourth-order valence-electron chi connectivity index (χ4n) is 7.11. The van der Waals surface area contributed by atoms with Gasteiger partial charge >= 0.3 is 0 Å². The van der Waals surface area contributed by atoms with Gasteiger partial charge < -0.3 is 15.0 Å². The smallest absolute Gasteiger partial charge is 0.257 e. The number of carbonyl (C=O) groups is 2. The van der Waals surface area contributed by atoms with Crippen LogP contribution in [-0.4, -0.2) is 66.0 Å². The largest absolute Gasteiger partial charge is 0.376 e. The lowest BCUT2D eigenvalue weighted by atomic mass is 9.78. The Kier molecular flexibility index (Phi) is 9.35. The first-order chi connectivity index (χ1) is 21.1. The van der Waals surface area contributed by atoms with Crippen LogP contribution >= 0.6 is 22.9 Å². The number of amides is 2. The van der Waals surface area contributed by atoms with Gasteiger partial charge in [0.1, 0.15) is 5.82 Å². The first-order valence-corrected chi connectivity index (χ1v) is 17.3. The number of anilines is 1. The van der Waals surface area contributed by atoms with Crippen LogP contribution in [0.1, 0.15) is 75.2 Å². The molecule has 2 atom stereocenters. The zero-order valence-corrected chi connectivity index (χ0v) is 27.5. The predicted octanol–water partition coefficient (Wildman–Crippen LogP) is 7.79. The summed E-state index contributed by atoms with van der Waals surface area (Å²) in [6.45, 7) is 10.1. The lowest BCUT2D eigenvalue weighted by Gasteiger charge is -2.50. The molecule has 3 heterocycles. The molecule has 0 bridgehead atoms. The second-order valence-electron chi connectivity index (χ2n) is 13.6. The van der Waals surface area contributed by atoms with Crippen molar-refractivity contribution in [2.75, 3.05) is 31.6 Å². The SMILES string of the molecule is CCC1(C)CN(C2CC(COC3CCC(C)CC3)N(C(=O)Cc3cc(Cl)c(NC(=O)c4csc5ccccc45)cc3F)C2)C1. The van der Waals surface area contributed by atoms with Crippen molar-refractivity contribution in [2.24, 2.45) is 11.3 Å². The molecule has 2 amide bonds. The second kappa shape index (κ2) is 13.1. The van der Waals surface area contributed by atoms with E-state index in [9.17, 15) is 9.59 Å². The van der Waals surface area contributed by atoms with Gasteiger partial charge in [0.2, 0.25) is 5.91 Å². The van der Waals surface area contributed by atoms with E-state index in [2.05, 4.69) is 31.0 Å². The molecule has 2 aromatic carbocycles. The quantitative estimate of drug-likeness (QED) is 0.260. The topological polar surface area (TPSA) is 61.9 Å². The Morgan fingerprint density at radius 2 is 1.91 bits per heavy atom. The molecule has 3 fully saturated rings. The first kappa shape index (κ1) is 31.5. The van der Waals surface area contributed by atoms with Gasteiger partial charge in [-0.1, -0.05) is 50.6 Å². The van der Waals surface area contributed by atoms with Crippen molar-refractivity contribution in [1.82, 2.24) is 9.80 Å². The summed E-state index contributed by atoms with van der Waals surface area (Å²) in [4.78, 5) is 31.2. The summed E-state index contributed by atoms with van der Waals surface area (Å²) in [5.41, 5.74) is 1.27. The monoisotopic (exact) mass is 639 g/mol. The van der Waals surface area contributed by atoms with Crippen LogP contribution in [0.4, 0.5) is 10.1 Å². The minimum atomic E-state index is -0.561. The van der Waals surface area contributed by atoms with Gasteiger partial charge in [0.05, 0.1) is 41.4 Å². The van der Waals surface area contributed by atoms with Gasteiger partial charge in [-0.15, -0.1) is 11.3 Å². The highest BCUT2D eigenvalue weighted by atomic mass is 35.5. The maximum atomic E-state index is 15.4. The Labute approximate surface area is 268 Å². The highest BCUT2D eigenvalue weighted by Gasteiger charge is 2.46. The van der Waals surface area contributed by atoms with Gasteiger partial charge in [0.25, 0.3) is 5.91 Å². The number of fused-ring (bicyclic) bond motifs is 1. The minimum Gasteiger partial charge on any atom is -0.376 e. The number of hydrogen-bond donors (Lipinski definition) is 1. The number of thiophene rings is 1. The Morgan fingerprint density at radius 1 is 1.16 bits per heavy atom. The van der Waals surface area contributed by atoms with Gasteiger partial charge in [-0.2, -0.15) is 0 Å². The number of ether oxygens (including phenoxy) is 1. The average Bonchev–Trinajstić information content (AvgIpc) is 3.62. The molecule has 2 unspecified atom stereocenters. The number of benzene rings is 2. The Balaban J connectivity index is 1.13. The number of carbonyl (C=O) groups excluding carboxylic acids is 2. The molecule has 6 nitrogen and oxygen atoms in total. The summed E-state index contributed by atoms with van der Waals surface area (Å²) in [6, 6.07) is 10.6. The molecule has 1 saturated carbocycles.